The largest absolute Gasteiger partial charge is 0.493 e. The summed E-state index contributed by atoms with van der Waals surface area (Å²) in [4.78, 5) is 0. The Morgan fingerprint density at radius 1 is 1.11 bits per heavy atom. The summed E-state index contributed by atoms with van der Waals surface area (Å²) >= 11 is 0. The number of nitrogens with zero attached hydrogens (tertiary/aromatic N) is 4. The maximum absolute atomic E-state index is 5.95. The van der Waals surface area contributed by atoms with E-state index in [1.807, 2.05) is 43.3 Å². The third-order valence-corrected chi connectivity index (χ3v) is 4.71. The maximum atomic E-state index is 5.95. The highest BCUT2D eigenvalue weighted by Gasteiger charge is 2.24. The summed E-state index contributed by atoms with van der Waals surface area (Å²) in [5.41, 5.74) is 3.33. The van der Waals surface area contributed by atoms with Gasteiger partial charge in [0.25, 0.3) is 0 Å². The zero-order valence-corrected chi connectivity index (χ0v) is 15.6. The van der Waals surface area contributed by atoms with Gasteiger partial charge in [-0.1, -0.05) is 17.7 Å². The van der Waals surface area contributed by atoms with Crippen molar-refractivity contribution in [1.82, 2.24) is 20.2 Å². The summed E-state index contributed by atoms with van der Waals surface area (Å²) in [5, 5.41) is 14.3. The van der Waals surface area contributed by atoms with Gasteiger partial charge in [-0.05, 0) is 47.7 Å². The average Bonchev–Trinajstić information content (AvgIpc) is 3.41. The molecule has 0 saturated heterocycles. The number of ether oxygens (including phenoxy) is 2. The second-order valence-electron chi connectivity index (χ2n) is 6.89. The fourth-order valence-corrected chi connectivity index (χ4v) is 2.92. The lowest BCUT2D eigenvalue weighted by molar-refractivity contribution is -0.683. The standard InChI is InChI=1S/C20H23N5O2/c1-14-3-8-17(9-4-14)25-20(22-23-24-25)13-27-18-10-5-15(11-19(18)26-2)12-21-16-6-7-16/h3-5,8-11,16,21H,6-7,12-13H2,1-2H3/p+1. The average molecular weight is 366 g/mol. The summed E-state index contributed by atoms with van der Waals surface area (Å²) < 4.78 is 13.1. The van der Waals surface area contributed by atoms with Crippen molar-refractivity contribution in [2.75, 3.05) is 7.11 Å². The molecular formula is C20H24N5O2+. The molecule has 1 aromatic heterocycles. The van der Waals surface area contributed by atoms with Crippen molar-refractivity contribution in [3.8, 4) is 17.2 Å². The predicted octanol–water partition coefficient (Wildman–Crippen LogP) is 1.78. The van der Waals surface area contributed by atoms with Crippen molar-refractivity contribution in [3.63, 3.8) is 0 Å². The Morgan fingerprint density at radius 3 is 2.67 bits per heavy atom. The van der Waals surface area contributed by atoms with Crippen LogP contribution in [-0.2, 0) is 13.2 Å². The van der Waals surface area contributed by atoms with E-state index in [0.717, 1.165) is 24.0 Å². The first kappa shape index (κ1) is 17.5. The number of nitrogens with two attached hydrogens (primary N) is 1. The molecule has 1 saturated carbocycles. The molecule has 7 nitrogen and oxygen atoms in total. The lowest BCUT2D eigenvalue weighted by Crippen LogP contribution is -2.84. The van der Waals surface area contributed by atoms with Crippen molar-refractivity contribution in [2.45, 2.75) is 39.0 Å². The molecule has 7 heteroatoms. The first-order chi connectivity index (χ1) is 13.2. The van der Waals surface area contributed by atoms with Crippen molar-refractivity contribution >= 4 is 0 Å². The van der Waals surface area contributed by atoms with E-state index in [4.69, 9.17) is 9.47 Å². The molecule has 140 valence electrons. The molecule has 0 bridgehead atoms. The van der Waals surface area contributed by atoms with E-state index in [1.165, 1.54) is 24.0 Å². The second-order valence-corrected chi connectivity index (χ2v) is 6.89. The number of methoxy groups -OCH3 is 1. The van der Waals surface area contributed by atoms with Gasteiger partial charge in [0.2, 0.25) is 0 Å². The minimum atomic E-state index is 0.255. The molecule has 0 atom stereocenters. The Hall–Kier alpha value is -2.93. The van der Waals surface area contributed by atoms with Gasteiger partial charge in [0.15, 0.2) is 23.9 Å². The molecule has 1 fully saturated rings. The first-order valence-corrected chi connectivity index (χ1v) is 9.20. The molecule has 3 aromatic rings. The smallest absolute Gasteiger partial charge is 0.194 e. The van der Waals surface area contributed by atoms with E-state index in [2.05, 4.69) is 26.9 Å². The molecule has 0 radical (unpaired) electrons. The number of rotatable bonds is 8. The first-order valence-electron chi connectivity index (χ1n) is 9.20. The summed E-state index contributed by atoms with van der Waals surface area (Å²) in [6, 6.07) is 14.9. The van der Waals surface area contributed by atoms with Crippen molar-refractivity contribution in [2.24, 2.45) is 0 Å². The van der Waals surface area contributed by atoms with Crippen LogP contribution in [0, 0.1) is 6.92 Å². The highest BCUT2D eigenvalue weighted by molar-refractivity contribution is 5.43. The molecule has 1 aliphatic rings. The van der Waals surface area contributed by atoms with Crippen LogP contribution >= 0.6 is 0 Å². The van der Waals surface area contributed by atoms with Gasteiger partial charge in [0.1, 0.15) is 6.54 Å². The maximum Gasteiger partial charge on any atom is 0.194 e. The number of hydrogen-bond donors (Lipinski definition) is 1. The number of tetrazole rings is 1. The lowest BCUT2D eigenvalue weighted by atomic mass is 10.2. The van der Waals surface area contributed by atoms with Crippen molar-refractivity contribution in [1.29, 1.82) is 0 Å². The van der Waals surface area contributed by atoms with E-state index in [-0.39, 0.29) is 6.61 Å². The zero-order valence-electron chi connectivity index (χ0n) is 15.6. The Bertz CT molecular complexity index is 903. The van der Waals surface area contributed by atoms with Crippen LogP contribution in [0.4, 0.5) is 0 Å². The molecule has 4 rings (SSSR count). The summed E-state index contributed by atoms with van der Waals surface area (Å²) in [6.45, 7) is 3.27. The third kappa shape index (κ3) is 4.25. The number of benzene rings is 2. The zero-order chi connectivity index (χ0) is 18.6. The van der Waals surface area contributed by atoms with Gasteiger partial charge >= 0.3 is 0 Å². The third-order valence-electron chi connectivity index (χ3n) is 4.71. The minimum Gasteiger partial charge on any atom is -0.493 e. The van der Waals surface area contributed by atoms with Crippen molar-refractivity contribution in [3.05, 3.63) is 59.4 Å². The van der Waals surface area contributed by atoms with Crippen LogP contribution in [0.3, 0.4) is 0 Å². The molecule has 27 heavy (non-hydrogen) atoms. The van der Waals surface area contributed by atoms with E-state index < -0.39 is 0 Å². The SMILES string of the molecule is COc1cc(C[NH2+]C2CC2)ccc1OCc1nnnn1-c1ccc(C)cc1. The molecule has 0 spiro atoms. The number of aryl methyl sites for hydroxylation is 1. The van der Waals surface area contributed by atoms with Crippen LogP contribution in [0.2, 0.25) is 0 Å². The van der Waals surface area contributed by atoms with Crippen LogP contribution in [0.25, 0.3) is 5.69 Å². The molecule has 0 amide bonds. The van der Waals surface area contributed by atoms with Gasteiger partial charge in [-0.3, -0.25) is 0 Å². The van der Waals surface area contributed by atoms with E-state index in [0.29, 0.717) is 11.6 Å². The number of hydrogen-bond acceptors (Lipinski definition) is 5. The van der Waals surface area contributed by atoms with Crippen LogP contribution in [-0.4, -0.2) is 33.4 Å². The molecule has 2 aromatic carbocycles. The number of quaternary nitrogens is 1. The molecule has 1 aliphatic carbocycles. The normalized spacial score (nSPS) is 13.6. The Morgan fingerprint density at radius 2 is 1.93 bits per heavy atom. The highest BCUT2D eigenvalue weighted by atomic mass is 16.5. The second kappa shape index (κ2) is 7.75. The van der Waals surface area contributed by atoms with E-state index in [1.54, 1.807) is 11.8 Å². The summed E-state index contributed by atoms with van der Waals surface area (Å²) in [6.07, 6.45) is 2.65. The quantitative estimate of drug-likeness (QED) is 0.657. The predicted molar refractivity (Wildman–Crippen MR) is 99.9 cm³/mol. The van der Waals surface area contributed by atoms with Crippen molar-refractivity contribution < 1.29 is 14.8 Å². The fourth-order valence-electron chi connectivity index (χ4n) is 2.92. The number of aromatic nitrogens is 4. The molecule has 2 N–H and O–H groups in total. The summed E-state index contributed by atoms with van der Waals surface area (Å²) in [5.74, 6) is 2.05. The van der Waals surface area contributed by atoms with Gasteiger partial charge in [-0.2, -0.15) is 4.68 Å². The van der Waals surface area contributed by atoms with Gasteiger partial charge in [0.05, 0.1) is 18.8 Å². The van der Waals surface area contributed by atoms with Gasteiger partial charge in [0, 0.05) is 18.4 Å². The minimum absolute atomic E-state index is 0.255. The summed E-state index contributed by atoms with van der Waals surface area (Å²) in [7, 11) is 1.66. The Balaban J connectivity index is 1.45. The van der Waals surface area contributed by atoms with Crippen LogP contribution in [0.1, 0.15) is 29.8 Å². The molecule has 0 aliphatic heterocycles. The van der Waals surface area contributed by atoms with Crippen LogP contribution in [0.15, 0.2) is 42.5 Å². The Labute approximate surface area is 158 Å². The van der Waals surface area contributed by atoms with Crippen LogP contribution < -0.4 is 14.8 Å². The van der Waals surface area contributed by atoms with E-state index >= 15 is 0 Å². The monoisotopic (exact) mass is 366 g/mol. The highest BCUT2D eigenvalue weighted by Crippen LogP contribution is 2.28. The van der Waals surface area contributed by atoms with E-state index in [9.17, 15) is 0 Å². The van der Waals surface area contributed by atoms with Crippen LogP contribution in [0.5, 0.6) is 11.5 Å². The van der Waals surface area contributed by atoms with Gasteiger partial charge in [-0.25, -0.2) is 0 Å². The molecule has 0 unspecified atom stereocenters. The Kier molecular flexibility index (Phi) is 5.02. The molecule has 1 heterocycles. The molecular weight excluding hydrogens is 342 g/mol. The fraction of sp³-hybridized carbons (Fsp3) is 0.350. The van der Waals surface area contributed by atoms with Gasteiger partial charge < -0.3 is 14.8 Å². The lowest BCUT2D eigenvalue weighted by Gasteiger charge is -2.12. The topological polar surface area (TPSA) is 78.7 Å². The van der Waals surface area contributed by atoms with Gasteiger partial charge in [-0.15, -0.1) is 5.10 Å².